The van der Waals surface area contributed by atoms with Crippen LogP contribution in [0.3, 0.4) is 0 Å². The van der Waals surface area contributed by atoms with Crippen molar-refractivity contribution in [1.82, 2.24) is 4.72 Å². The fourth-order valence-electron chi connectivity index (χ4n) is 1.18. The zero-order valence-electron chi connectivity index (χ0n) is 9.40. The van der Waals surface area contributed by atoms with Gasteiger partial charge in [-0.15, -0.1) is 0 Å². The molecule has 0 unspecified atom stereocenters. The van der Waals surface area contributed by atoms with E-state index in [2.05, 4.69) is 21.3 Å². The molecule has 1 aromatic carbocycles. The summed E-state index contributed by atoms with van der Waals surface area (Å²) in [5, 5.41) is 8.56. The van der Waals surface area contributed by atoms with Gasteiger partial charge in [-0.3, -0.25) is 4.72 Å². The van der Waals surface area contributed by atoms with Gasteiger partial charge in [0.05, 0.1) is 5.69 Å². The minimum absolute atomic E-state index is 0.229. The van der Waals surface area contributed by atoms with Crippen LogP contribution in [0.25, 0.3) is 0 Å². The number of aliphatic hydroxyl groups is 1. The normalized spacial score (nSPS) is 10.5. The first-order chi connectivity index (χ1) is 8.07. The Bertz CT molecular complexity index is 529. The lowest BCUT2D eigenvalue weighted by molar-refractivity contribution is 0.350. The van der Waals surface area contributed by atoms with Gasteiger partial charge >= 0.3 is 0 Å². The fourth-order valence-corrected chi connectivity index (χ4v) is 2.07. The first-order valence-electron chi connectivity index (χ1n) is 5.04. The Kier molecular flexibility index (Phi) is 4.97. The van der Waals surface area contributed by atoms with E-state index in [1.54, 1.807) is 31.2 Å². The first-order valence-corrected chi connectivity index (χ1v) is 6.53. The maximum Gasteiger partial charge on any atom is 0.299 e. The second kappa shape index (κ2) is 6.25. The van der Waals surface area contributed by atoms with Crippen LogP contribution in [0.5, 0.6) is 0 Å². The zero-order chi connectivity index (χ0) is 12.7. The molecule has 0 spiro atoms. The van der Waals surface area contributed by atoms with Gasteiger partial charge in [-0.1, -0.05) is 24.8 Å². The highest BCUT2D eigenvalue weighted by molar-refractivity contribution is 7.90. The molecule has 0 atom stereocenters. The van der Waals surface area contributed by atoms with Gasteiger partial charge in [0, 0.05) is 12.1 Å². The highest BCUT2D eigenvalue weighted by atomic mass is 32.2. The summed E-state index contributed by atoms with van der Waals surface area (Å²) in [5.41, 5.74) is 1.06. The van der Waals surface area contributed by atoms with E-state index in [0.717, 1.165) is 0 Å². The standard InChI is InChI=1S/C11H14N2O3S/c1-2-12-17(15,16)13-11-7-3-5-10(9-11)6-4-8-14/h3,5,7,9,12-14H,2,8H2,1H3. The number of benzene rings is 1. The van der Waals surface area contributed by atoms with Crippen LogP contribution >= 0.6 is 0 Å². The van der Waals surface area contributed by atoms with Crippen LogP contribution in [0, 0.1) is 11.8 Å². The van der Waals surface area contributed by atoms with Gasteiger partial charge in [-0.05, 0) is 18.2 Å². The van der Waals surface area contributed by atoms with Crippen molar-refractivity contribution in [3.05, 3.63) is 29.8 Å². The molecule has 0 fully saturated rings. The average molecular weight is 254 g/mol. The van der Waals surface area contributed by atoms with Crippen molar-refractivity contribution in [1.29, 1.82) is 0 Å². The van der Waals surface area contributed by atoms with E-state index >= 15 is 0 Å². The molecule has 0 bridgehead atoms. The van der Waals surface area contributed by atoms with E-state index < -0.39 is 10.2 Å². The molecule has 0 amide bonds. The zero-order valence-corrected chi connectivity index (χ0v) is 10.2. The molecule has 3 N–H and O–H groups in total. The molecule has 0 saturated carbocycles. The van der Waals surface area contributed by atoms with Gasteiger partial charge in [0.2, 0.25) is 0 Å². The lowest BCUT2D eigenvalue weighted by atomic mass is 10.2. The first kappa shape index (κ1) is 13.5. The Labute approximate surface area is 101 Å². The van der Waals surface area contributed by atoms with Gasteiger partial charge in [-0.25, -0.2) is 0 Å². The number of hydrogen-bond acceptors (Lipinski definition) is 3. The van der Waals surface area contributed by atoms with Crippen molar-refractivity contribution in [2.75, 3.05) is 17.9 Å². The van der Waals surface area contributed by atoms with E-state index in [0.29, 0.717) is 17.8 Å². The molecule has 0 heterocycles. The number of nitrogens with one attached hydrogen (secondary N) is 2. The third-order valence-electron chi connectivity index (χ3n) is 1.76. The van der Waals surface area contributed by atoms with Crippen LogP contribution in [0.4, 0.5) is 5.69 Å². The third kappa shape index (κ3) is 4.87. The van der Waals surface area contributed by atoms with Crippen molar-refractivity contribution in [2.24, 2.45) is 0 Å². The van der Waals surface area contributed by atoms with Crippen molar-refractivity contribution < 1.29 is 13.5 Å². The summed E-state index contributed by atoms with van der Waals surface area (Å²) in [7, 11) is -3.52. The minimum Gasteiger partial charge on any atom is -0.384 e. The van der Waals surface area contributed by atoms with Gasteiger partial charge < -0.3 is 5.11 Å². The molecule has 92 valence electrons. The van der Waals surface area contributed by atoms with E-state index in [1.165, 1.54) is 0 Å². The molecule has 0 aliphatic rings. The summed E-state index contributed by atoms with van der Waals surface area (Å²) in [6.45, 7) is 1.79. The molecular formula is C11H14N2O3S. The highest BCUT2D eigenvalue weighted by Crippen LogP contribution is 2.10. The predicted octanol–water partition coefficient (Wildman–Crippen LogP) is 0.297. The van der Waals surface area contributed by atoms with Gasteiger partial charge in [0.1, 0.15) is 6.61 Å². The molecule has 0 aliphatic carbocycles. The smallest absolute Gasteiger partial charge is 0.299 e. The summed E-state index contributed by atoms with van der Waals surface area (Å²) in [4.78, 5) is 0. The maximum atomic E-state index is 11.4. The van der Waals surface area contributed by atoms with Crippen LogP contribution in [-0.4, -0.2) is 26.7 Å². The number of aliphatic hydroxyl groups excluding tert-OH is 1. The summed E-state index contributed by atoms with van der Waals surface area (Å²) in [6, 6.07) is 6.63. The summed E-state index contributed by atoms with van der Waals surface area (Å²) in [5.74, 6) is 5.19. The number of hydrogen-bond donors (Lipinski definition) is 3. The Balaban J connectivity index is 2.86. The highest BCUT2D eigenvalue weighted by Gasteiger charge is 2.07. The summed E-state index contributed by atoms with van der Waals surface area (Å²) >= 11 is 0. The maximum absolute atomic E-state index is 11.4. The molecule has 6 heteroatoms. The van der Waals surface area contributed by atoms with Crippen LogP contribution in [-0.2, 0) is 10.2 Å². The number of anilines is 1. The van der Waals surface area contributed by atoms with E-state index in [1.807, 2.05) is 0 Å². The molecule has 5 nitrogen and oxygen atoms in total. The molecule has 17 heavy (non-hydrogen) atoms. The average Bonchev–Trinajstić information content (AvgIpc) is 2.26. The van der Waals surface area contributed by atoms with Crippen molar-refractivity contribution in [3.63, 3.8) is 0 Å². The third-order valence-corrected chi connectivity index (χ3v) is 2.93. The Hall–Kier alpha value is -1.55. The van der Waals surface area contributed by atoms with Crippen LogP contribution in [0.1, 0.15) is 12.5 Å². The second-order valence-corrected chi connectivity index (χ2v) is 4.64. The van der Waals surface area contributed by atoms with Gasteiger partial charge in [-0.2, -0.15) is 13.1 Å². The molecule has 0 saturated heterocycles. The molecule has 0 radical (unpaired) electrons. The lowest BCUT2D eigenvalue weighted by Gasteiger charge is -2.07. The summed E-state index contributed by atoms with van der Waals surface area (Å²) in [6.07, 6.45) is 0. The quantitative estimate of drug-likeness (QED) is 0.676. The van der Waals surface area contributed by atoms with Gasteiger partial charge in [0.15, 0.2) is 0 Å². The molecule has 1 aromatic rings. The van der Waals surface area contributed by atoms with E-state index in [9.17, 15) is 8.42 Å². The largest absolute Gasteiger partial charge is 0.384 e. The number of rotatable bonds is 4. The molecule has 0 aliphatic heterocycles. The Morgan fingerprint density at radius 1 is 1.41 bits per heavy atom. The van der Waals surface area contributed by atoms with Gasteiger partial charge in [0.25, 0.3) is 10.2 Å². The van der Waals surface area contributed by atoms with Crippen molar-refractivity contribution >= 4 is 15.9 Å². The van der Waals surface area contributed by atoms with E-state index in [-0.39, 0.29) is 6.61 Å². The van der Waals surface area contributed by atoms with Crippen molar-refractivity contribution in [3.8, 4) is 11.8 Å². The second-order valence-electron chi connectivity index (χ2n) is 3.14. The monoisotopic (exact) mass is 254 g/mol. The fraction of sp³-hybridized carbons (Fsp3) is 0.273. The Morgan fingerprint density at radius 3 is 2.82 bits per heavy atom. The van der Waals surface area contributed by atoms with E-state index in [4.69, 9.17) is 5.11 Å². The van der Waals surface area contributed by atoms with Crippen LogP contribution in [0.15, 0.2) is 24.3 Å². The molecule has 1 rings (SSSR count). The molecule has 0 aromatic heterocycles. The Morgan fingerprint density at radius 2 is 2.18 bits per heavy atom. The predicted molar refractivity (Wildman–Crippen MR) is 66.6 cm³/mol. The van der Waals surface area contributed by atoms with Crippen molar-refractivity contribution in [2.45, 2.75) is 6.92 Å². The molecular weight excluding hydrogens is 240 g/mol. The lowest BCUT2D eigenvalue weighted by Crippen LogP contribution is -2.29. The topological polar surface area (TPSA) is 78.4 Å². The minimum atomic E-state index is -3.52. The summed E-state index contributed by atoms with van der Waals surface area (Å²) < 4.78 is 27.5. The van der Waals surface area contributed by atoms with Crippen LogP contribution in [0.2, 0.25) is 0 Å². The van der Waals surface area contributed by atoms with Crippen LogP contribution < -0.4 is 9.44 Å². The SMILES string of the molecule is CCNS(=O)(=O)Nc1cccc(C#CCO)c1.